The highest BCUT2D eigenvalue weighted by Crippen LogP contribution is 2.30. The third-order valence-corrected chi connectivity index (χ3v) is 5.57. The maximum Gasteiger partial charge on any atom is 0.251 e. The number of rotatable bonds is 5. The fraction of sp³-hybridized carbons (Fsp3) is 0.348. The molecule has 2 aromatic heterocycles. The molecule has 0 saturated heterocycles. The summed E-state index contributed by atoms with van der Waals surface area (Å²) in [4.78, 5) is 14.5. The molecule has 1 aliphatic carbocycles. The molecular weight excluding hydrogens is 334 g/mol. The van der Waals surface area contributed by atoms with Gasteiger partial charge in [0.05, 0.1) is 0 Å². The van der Waals surface area contributed by atoms with Gasteiger partial charge >= 0.3 is 0 Å². The zero-order valence-electron chi connectivity index (χ0n) is 16.2. The van der Waals surface area contributed by atoms with E-state index >= 15 is 0 Å². The number of pyridine rings is 1. The van der Waals surface area contributed by atoms with Crippen molar-refractivity contribution in [2.75, 3.05) is 25.5 Å². The van der Waals surface area contributed by atoms with E-state index < -0.39 is 0 Å². The number of aromatic nitrogens is 1. The lowest BCUT2D eigenvalue weighted by Crippen LogP contribution is -2.26. The van der Waals surface area contributed by atoms with Gasteiger partial charge in [-0.15, -0.1) is 0 Å². The van der Waals surface area contributed by atoms with Crippen molar-refractivity contribution in [1.82, 2.24) is 9.72 Å². The van der Waals surface area contributed by atoms with Gasteiger partial charge in [0.15, 0.2) is 0 Å². The maximum atomic E-state index is 12.5. The average Bonchev–Trinajstić information content (AvgIpc) is 3.02. The summed E-state index contributed by atoms with van der Waals surface area (Å²) in [6, 6.07) is 14.1. The number of nitrogens with one attached hydrogen (secondary N) is 1. The lowest BCUT2D eigenvalue weighted by Gasteiger charge is -2.14. The van der Waals surface area contributed by atoms with Crippen molar-refractivity contribution in [2.24, 2.45) is 0 Å². The topological polar surface area (TPSA) is 36.8 Å². The molecule has 0 spiro atoms. The zero-order chi connectivity index (χ0) is 18.8. The fourth-order valence-electron chi connectivity index (χ4n) is 4.15. The summed E-state index contributed by atoms with van der Waals surface area (Å²) in [6.07, 6.45) is 7.91. The highest BCUT2D eigenvalue weighted by Gasteiger charge is 2.20. The van der Waals surface area contributed by atoms with Gasteiger partial charge < -0.3 is 14.6 Å². The van der Waals surface area contributed by atoms with Gasteiger partial charge in [-0.1, -0.05) is 6.07 Å². The summed E-state index contributed by atoms with van der Waals surface area (Å²) < 4.78 is 2.35. The summed E-state index contributed by atoms with van der Waals surface area (Å²) in [5, 5.41) is 3.10. The number of amides is 1. The van der Waals surface area contributed by atoms with Crippen LogP contribution in [0.1, 0.15) is 40.0 Å². The van der Waals surface area contributed by atoms with E-state index in [2.05, 4.69) is 34.1 Å². The van der Waals surface area contributed by atoms with Crippen molar-refractivity contribution in [1.29, 1.82) is 0 Å². The number of anilines is 1. The van der Waals surface area contributed by atoms with Crippen molar-refractivity contribution < 1.29 is 4.79 Å². The van der Waals surface area contributed by atoms with E-state index in [1.165, 1.54) is 35.2 Å². The van der Waals surface area contributed by atoms with Gasteiger partial charge in [0.2, 0.25) is 0 Å². The van der Waals surface area contributed by atoms with Crippen LogP contribution in [-0.2, 0) is 19.3 Å². The van der Waals surface area contributed by atoms with Crippen LogP contribution in [0.4, 0.5) is 5.69 Å². The van der Waals surface area contributed by atoms with E-state index in [9.17, 15) is 4.79 Å². The Morgan fingerprint density at radius 3 is 2.63 bits per heavy atom. The number of nitrogens with zero attached hydrogens (tertiary/aromatic N) is 2. The Bertz CT molecular complexity index is 954. The van der Waals surface area contributed by atoms with Crippen LogP contribution in [0.2, 0.25) is 0 Å². The normalized spacial score (nSPS) is 13.4. The van der Waals surface area contributed by atoms with Crippen molar-refractivity contribution in [3.05, 3.63) is 71.0 Å². The molecule has 1 N–H and O–H groups in total. The van der Waals surface area contributed by atoms with E-state index in [0.717, 1.165) is 24.9 Å². The summed E-state index contributed by atoms with van der Waals surface area (Å²) in [7, 11) is 4.00. The van der Waals surface area contributed by atoms with Gasteiger partial charge in [0.25, 0.3) is 5.91 Å². The second-order valence-corrected chi connectivity index (χ2v) is 7.51. The standard InChI is InChI=1S/C23H27N3O/c1-25(2)18-12-10-17(11-13-18)23(27)24-15-14-20-19-7-3-4-8-21(19)26-16-6-5-9-22(20)26/h5-6,9-13,16H,3-4,7-8,14-15H2,1-2H3,(H,24,27). The Labute approximate surface area is 160 Å². The number of hydrogen-bond acceptors (Lipinski definition) is 2. The van der Waals surface area contributed by atoms with Crippen LogP contribution in [0.15, 0.2) is 48.7 Å². The molecule has 1 amide bonds. The molecule has 0 fully saturated rings. The van der Waals surface area contributed by atoms with E-state index in [1.54, 1.807) is 0 Å². The number of hydrogen-bond donors (Lipinski definition) is 1. The Kier molecular flexibility index (Phi) is 4.88. The first-order chi connectivity index (χ1) is 13.1. The first-order valence-corrected chi connectivity index (χ1v) is 9.80. The summed E-state index contributed by atoms with van der Waals surface area (Å²) in [6.45, 7) is 0.662. The number of carbonyl (C=O) groups excluding carboxylic acids is 1. The first kappa shape index (κ1) is 17.7. The van der Waals surface area contributed by atoms with E-state index in [-0.39, 0.29) is 5.91 Å². The number of carbonyl (C=O) groups is 1. The summed E-state index contributed by atoms with van der Waals surface area (Å²) in [5.74, 6) is -0.00214. The summed E-state index contributed by atoms with van der Waals surface area (Å²) >= 11 is 0. The minimum Gasteiger partial charge on any atom is -0.378 e. The molecule has 27 heavy (non-hydrogen) atoms. The predicted molar refractivity (Wildman–Crippen MR) is 111 cm³/mol. The molecular formula is C23H27N3O. The minimum absolute atomic E-state index is 0.00214. The molecule has 1 aliphatic rings. The number of fused-ring (bicyclic) bond motifs is 3. The van der Waals surface area contributed by atoms with Gasteiger partial charge in [-0.2, -0.15) is 0 Å². The lowest BCUT2D eigenvalue weighted by atomic mass is 9.93. The molecule has 4 nitrogen and oxygen atoms in total. The maximum absolute atomic E-state index is 12.5. The Balaban J connectivity index is 1.47. The van der Waals surface area contributed by atoms with Crippen LogP contribution in [0.3, 0.4) is 0 Å². The predicted octanol–water partition coefficient (Wildman–Crippen LogP) is 3.86. The van der Waals surface area contributed by atoms with E-state index in [4.69, 9.17) is 0 Å². The van der Waals surface area contributed by atoms with Gasteiger partial charge in [-0.25, -0.2) is 0 Å². The van der Waals surface area contributed by atoms with Crippen LogP contribution in [0.25, 0.3) is 5.52 Å². The third kappa shape index (κ3) is 3.44. The minimum atomic E-state index is -0.00214. The van der Waals surface area contributed by atoms with Crippen LogP contribution in [-0.4, -0.2) is 30.9 Å². The van der Waals surface area contributed by atoms with Crippen molar-refractivity contribution in [3.8, 4) is 0 Å². The molecule has 1 aromatic carbocycles. The van der Waals surface area contributed by atoms with Crippen LogP contribution in [0, 0.1) is 0 Å². The van der Waals surface area contributed by atoms with Gasteiger partial charge in [-0.3, -0.25) is 4.79 Å². The van der Waals surface area contributed by atoms with Gasteiger partial charge in [-0.05, 0) is 79.6 Å². The average molecular weight is 361 g/mol. The molecule has 0 aliphatic heterocycles. The molecule has 0 radical (unpaired) electrons. The zero-order valence-corrected chi connectivity index (χ0v) is 16.2. The summed E-state index contributed by atoms with van der Waals surface area (Å²) in [5.41, 5.74) is 7.50. The fourth-order valence-corrected chi connectivity index (χ4v) is 4.15. The van der Waals surface area contributed by atoms with Crippen LogP contribution in [0.5, 0.6) is 0 Å². The molecule has 4 heteroatoms. The number of benzene rings is 1. The SMILES string of the molecule is CN(C)c1ccc(C(=O)NCCc2c3c(n4ccccc24)CCCC3)cc1. The molecule has 3 aromatic rings. The Morgan fingerprint density at radius 1 is 1.07 bits per heavy atom. The van der Waals surface area contributed by atoms with Crippen LogP contribution < -0.4 is 10.2 Å². The molecule has 4 rings (SSSR count). The molecule has 2 heterocycles. The second-order valence-electron chi connectivity index (χ2n) is 7.51. The van der Waals surface area contributed by atoms with Crippen LogP contribution >= 0.6 is 0 Å². The molecule has 0 unspecified atom stereocenters. The largest absolute Gasteiger partial charge is 0.378 e. The van der Waals surface area contributed by atoms with Crippen molar-refractivity contribution in [3.63, 3.8) is 0 Å². The first-order valence-electron chi connectivity index (χ1n) is 9.80. The van der Waals surface area contributed by atoms with Gasteiger partial charge in [0, 0.05) is 49.3 Å². The highest BCUT2D eigenvalue weighted by molar-refractivity contribution is 5.94. The van der Waals surface area contributed by atoms with Crippen molar-refractivity contribution >= 4 is 17.1 Å². The van der Waals surface area contributed by atoms with Gasteiger partial charge in [0.1, 0.15) is 0 Å². The highest BCUT2D eigenvalue weighted by atomic mass is 16.1. The van der Waals surface area contributed by atoms with Crippen molar-refractivity contribution in [2.45, 2.75) is 32.1 Å². The molecule has 0 atom stereocenters. The third-order valence-electron chi connectivity index (χ3n) is 5.57. The molecule has 140 valence electrons. The second kappa shape index (κ2) is 7.47. The number of aryl methyl sites for hydroxylation is 1. The lowest BCUT2D eigenvalue weighted by molar-refractivity contribution is 0.0954. The Morgan fingerprint density at radius 2 is 1.85 bits per heavy atom. The molecule has 0 bridgehead atoms. The quantitative estimate of drug-likeness (QED) is 0.749. The monoisotopic (exact) mass is 361 g/mol. The van der Waals surface area contributed by atoms with E-state index in [0.29, 0.717) is 12.1 Å². The Hall–Kier alpha value is -2.75. The smallest absolute Gasteiger partial charge is 0.251 e. The molecule has 0 saturated carbocycles. The van der Waals surface area contributed by atoms with E-state index in [1.807, 2.05) is 43.3 Å².